The number of ether oxygens (including phenoxy) is 1. The Balaban J connectivity index is 2.18. The normalized spacial score (nSPS) is 20.2. The van der Waals surface area contributed by atoms with Gasteiger partial charge in [-0.2, -0.15) is 0 Å². The number of nitrogens with one attached hydrogen (secondary N) is 1. The molecule has 1 atom stereocenters. The van der Waals surface area contributed by atoms with Crippen LogP contribution in [0.2, 0.25) is 0 Å². The largest absolute Gasteiger partial charge is 0.464 e. The maximum Gasteiger partial charge on any atom is 0.329 e. The molecule has 1 N–H and O–H groups in total. The van der Waals surface area contributed by atoms with Gasteiger partial charge in [-0.1, -0.05) is 0 Å². The number of nitrogens with zero attached hydrogens (tertiary/aromatic N) is 2. The molecule has 0 spiro atoms. The van der Waals surface area contributed by atoms with E-state index in [2.05, 4.69) is 4.72 Å². The highest BCUT2D eigenvalue weighted by molar-refractivity contribution is 7.95. The number of amides is 2. The van der Waals surface area contributed by atoms with Gasteiger partial charge in [0.2, 0.25) is 11.8 Å². The maximum atomic E-state index is 12.2. The molecule has 0 radical (unpaired) electrons. The number of rotatable bonds is 5. The fourth-order valence-corrected chi connectivity index (χ4v) is 2.92. The zero-order valence-corrected chi connectivity index (χ0v) is 12.9. The first-order chi connectivity index (χ1) is 10.0. The molecule has 2 aliphatic heterocycles. The number of likely N-dealkylation sites (tertiary alicyclic amines) is 1. The smallest absolute Gasteiger partial charge is 0.329 e. The summed E-state index contributed by atoms with van der Waals surface area (Å²) >= 11 is 1.37. The molecule has 2 rings (SSSR count). The fraction of sp³-hybridized carbons (Fsp3) is 0.615. The molecule has 0 aromatic rings. The molecule has 2 heterocycles. The molecule has 0 aliphatic carbocycles. The Bertz CT molecular complexity index is 464. The minimum Gasteiger partial charge on any atom is -0.464 e. The highest BCUT2D eigenvalue weighted by atomic mass is 32.2. The summed E-state index contributed by atoms with van der Waals surface area (Å²) in [6.45, 7) is 1.91. The van der Waals surface area contributed by atoms with E-state index in [9.17, 15) is 14.4 Å². The van der Waals surface area contributed by atoms with Crippen LogP contribution in [0.3, 0.4) is 0 Å². The first-order valence-corrected chi connectivity index (χ1v) is 7.68. The van der Waals surface area contributed by atoms with E-state index in [-0.39, 0.29) is 24.8 Å². The summed E-state index contributed by atoms with van der Waals surface area (Å²) < 4.78 is 9.92. The monoisotopic (exact) mass is 313 g/mol. The van der Waals surface area contributed by atoms with Gasteiger partial charge in [0, 0.05) is 38.2 Å². The number of hydrogen-bond acceptors (Lipinski definition) is 7. The molecule has 0 saturated carbocycles. The molecule has 21 heavy (non-hydrogen) atoms. The Labute approximate surface area is 127 Å². The van der Waals surface area contributed by atoms with Gasteiger partial charge in [-0.05, 0) is 13.3 Å². The lowest BCUT2D eigenvalue weighted by atomic mass is 10.0. The lowest BCUT2D eigenvalue weighted by Crippen LogP contribution is -2.51. The Hall–Kier alpha value is -1.70. The van der Waals surface area contributed by atoms with Gasteiger partial charge < -0.3 is 13.8 Å². The SMILES string of the molecule is CCOC(=O)C(CC1=CN(C)SN1)N1C(=O)CCCC1=O. The van der Waals surface area contributed by atoms with E-state index in [1.807, 2.05) is 17.6 Å². The number of hydrogen-bond donors (Lipinski definition) is 1. The van der Waals surface area contributed by atoms with Gasteiger partial charge in [-0.15, -0.1) is 0 Å². The molecular formula is C13H19N3O4S. The van der Waals surface area contributed by atoms with E-state index in [0.717, 1.165) is 10.6 Å². The van der Waals surface area contributed by atoms with Crippen molar-refractivity contribution < 1.29 is 19.1 Å². The lowest BCUT2D eigenvalue weighted by molar-refractivity contribution is -0.163. The Kier molecular flexibility index (Phi) is 5.11. The fourth-order valence-electron chi connectivity index (χ4n) is 2.34. The van der Waals surface area contributed by atoms with Gasteiger partial charge in [0.05, 0.1) is 18.7 Å². The summed E-state index contributed by atoms with van der Waals surface area (Å²) in [5, 5.41) is 0. The second-order valence-corrected chi connectivity index (χ2v) is 5.84. The van der Waals surface area contributed by atoms with Crippen molar-refractivity contribution in [2.45, 2.75) is 38.6 Å². The second kappa shape index (κ2) is 6.84. The van der Waals surface area contributed by atoms with Gasteiger partial charge in [0.1, 0.15) is 6.04 Å². The van der Waals surface area contributed by atoms with E-state index >= 15 is 0 Å². The van der Waals surface area contributed by atoms with Crippen molar-refractivity contribution in [2.75, 3.05) is 13.7 Å². The van der Waals surface area contributed by atoms with Crippen LogP contribution < -0.4 is 4.72 Å². The van der Waals surface area contributed by atoms with Crippen molar-refractivity contribution in [3.63, 3.8) is 0 Å². The summed E-state index contributed by atoms with van der Waals surface area (Å²) in [4.78, 5) is 37.3. The first kappa shape index (κ1) is 15.7. The third-order valence-corrected chi connectivity index (χ3v) is 4.01. The molecule has 1 unspecified atom stereocenters. The van der Waals surface area contributed by atoms with Crippen LogP contribution in [0.15, 0.2) is 11.9 Å². The molecule has 7 nitrogen and oxygen atoms in total. The number of carbonyl (C=O) groups is 3. The zero-order chi connectivity index (χ0) is 15.4. The van der Waals surface area contributed by atoms with Crippen molar-refractivity contribution in [3.8, 4) is 0 Å². The van der Waals surface area contributed by atoms with Gasteiger partial charge in [-0.3, -0.25) is 14.5 Å². The van der Waals surface area contributed by atoms with Crippen molar-refractivity contribution in [1.82, 2.24) is 13.9 Å². The minimum absolute atomic E-state index is 0.215. The van der Waals surface area contributed by atoms with Crippen molar-refractivity contribution in [3.05, 3.63) is 11.9 Å². The molecule has 2 aliphatic rings. The van der Waals surface area contributed by atoms with E-state index in [1.54, 1.807) is 6.92 Å². The average Bonchev–Trinajstić information content (AvgIpc) is 2.83. The van der Waals surface area contributed by atoms with Crippen LogP contribution in [0.1, 0.15) is 32.6 Å². The highest BCUT2D eigenvalue weighted by Gasteiger charge is 2.38. The summed E-state index contributed by atoms with van der Waals surface area (Å²) in [6.07, 6.45) is 3.21. The minimum atomic E-state index is -0.893. The highest BCUT2D eigenvalue weighted by Crippen LogP contribution is 2.24. The Morgan fingerprint density at radius 1 is 1.43 bits per heavy atom. The molecule has 1 saturated heterocycles. The van der Waals surface area contributed by atoms with E-state index < -0.39 is 12.0 Å². The van der Waals surface area contributed by atoms with Crippen molar-refractivity contribution >= 4 is 29.9 Å². The third kappa shape index (κ3) is 3.69. The molecular weight excluding hydrogens is 294 g/mol. The summed E-state index contributed by atoms with van der Waals surface area (Å²) in [5.74, 6) is -1.14. The third-order valence-electron chi connectivity index (χ3n) is 3.26. The summed E-state index contributed by atoms with van der Waals surface area (Å²) in [5.41, 5.74) is 0.784. The number of piperidine rings is 1. The van der Waals surface area contributed by atoms with Crippen molar-refractivity contribution in [2.24, 2.45) is 0 Å². The average molecular weight is 313 g/mol. The van der Waals surface area contributed by atoms with Crippen LogP contribution in [0.5, 0.6) is 0 Å². The molecule has 1 fully saturated rings. The quantitative estimate of drug-likeness (QED) is 0.456. The second-order valence-electron chi connectivity index (χ2n) is 4.88. The maximum absolute atomic E-state index is 12.2. The number of esters is 1. The van der Waals surface area contributed by atoms with Crippen LogP contribution in [-0.4, -0.2) is 46.7 Å². The molecule has 0 aromatic heterocycles. The summed E-state index contributed by atoms with van der Waals surface area (Å²) in [7, 11) is 1.86. The molecule has 0 aromatic carbocycles. The number of carbonyl (C=O) groups excluding carboxylic acids is 3. The lowest BCUT2D eigenvalue weighted by Gasteiger charge is -2.31. The van der Waals surface area contributed by atoms with Gasteiger partial charge >= 0.3 is 5.97 Å². The van der Waals surface area contributed by atoms with Crippen LogP contribution in [-0.2, 0) is 19.1 Å². The molecule has 116 valence electrons. The van der Waals surface area contributed by atoms with Crippen LogP contribution in [0.4, 0.5) is 0 Å². The van der Waals surface area contributed by atoms with Gasteiger partial charge in [0.15, 0.2) is 0 Å². The van der Waals surface area contributed by atoms with E-state index in [1.165, 1.54) is 12.1 Å². The van der Waals surface area contributed by atoms with Crippen LogP contribution in [0, 0.1) is 0 Å². The molecule has 8 heteroatoms. The van der Waals surface area contributed by atoms with Gasteiger partial charge in [-0.25, -0.2) is 4.79 Å². The first-order valence-electron chi connectivity index (χ1n) is 6.91. The zero-order valence-electron chi connectivity index (χ0n) is 12.1. The Morgan fingerprint density at radius 2 is 2.10 bits per heavy atom. The predicted molar refractivity (Wildman–Crippen MR) is 77.3 cm³/mol. The van der Waals surface area contributed by atoms with E-state index in [0.29, 0.717) is 19.3 Å². The topological polar surface area (TPSA) is 79.0 Å². The number of imide groups is 1. The van der Waals surface area contributed by atoms with Gasteiger partial charge in [0.25, 0.3) is 0 Å². The standard InChI is InChI=1S/C13H19N3O4S/c1-3-20-13(19)10(7-9-8-15(2)21-14-9)16-11(17)5-4-6-12(16)18/h8,10,14H,3-7H2,1-2H3. The van der Waals surface area contributed by atoms with Crippen molar-refractivity contribution in [1.29, 1.82) is 0 Å². The van der Waals surface area contributed by atoms with Crippen LogP contribution >= 0.6 is 12.1 Å². The summed E-state index contributed by atoms with van der Waals surface area (Å²) in [6, 6.07) is -0.893. The van der Waals surface area contributed by atoms with Crippen LogP contribution in [0.25, 0.3) is 0 Å². The van der Waals surface area contributed by atoms with E-state index in [4.69, 9.17) is 4.74 Å². The Morgan fingerprint density at radius 3 is 2.62 bits per heavy atom. The predicted octanol–water partition coefficient (Wildman–Crippen LogP) is 0.787. The molecule has 2 amide bonds. The molecule has 0 bridgehead atoms.